The number of likely N-dealkylation sites (tertiary alicyclic amines) is 1. The van der Waals surface area contributed by atoms with Crippen LogP contribution in [0.2, 0.25) is 5.02 Å². The molecular formula is C19H22ClN3O3S. The Kier molecular flexibility index (Phi) is 6.68. The fourth-order valence-corrected chi connectivity index (χ4v) is 4.07. The van der Waals surface area contributed by atoms with Gasteiger partial charge in [0.1, 0.15) is 5.75 Å². The highest BCUT2D eigenvalue weighted by atomic mass is 35.5. The molecule has 1 aliphatic heterocycles. The molecule has 0 bridgehead atoms. The number of amides is 2. The summed E-state index contributed by atoms with van der Waals surface area (Å²) in [6.07, 6.45) is 1.78. The molecule has 27 heavy (non-hydrogen) atoms. The molecule has 0 unspecified atom stereocenters. The van der Waals surface area contributed by atoms with Crippen molar-refractivity contribution in [3.05, 3.63) is 45.4 Å². The summed E-state index contributed by atoms with van der Waals surface area (Å²) in [7, 11) is 0. The molecule has 3 rings (SSSR count). The highest BCUT2D eigenvalue weighted by Crippen LogP contribution is 2.30. The van der Waals surface area contributed by atoms with Crippen LogP contribution in [-0.4, -0.2) is 41.4 Å². The first-order chi connectivity index (χ1) is 13.0. The summed E-state index contributed by atoms with van der Waals surface area (Å²) in [6.45, 7) is 3.40. The fourth-order valence-electron chi connectivity index (χ4n) is 2.95. The van der Waals surface area contributed by atoms with Gasteiger partial charge in [0.15, 0.2) is 6.61 Å². The predicted octanol–water partition coefficient (Wildman–Crippen LogP) is 3.22. The average Bonchev–Trinajstić information content (AvgIpc) is 3.15. The number of nitrogens with zero attached hydrogens (tertiary/aromatic N) is 2. The summed E-state index contributed by atoms with van der Waals surface area (Å²) < 4.78 is 5.54. The maximum atomic E-state index is 12.4. The van der Waals surface area contributed by atoms with E-state index in [-0.39, 0.29) is 18.4 Å². The van der Waals surface area contributed by atoms with Gasteiger partial charge in [-0.2, -0.15) is 0 Å². The van der Waals surface area contributed by atoms with E-state index in [0.717, 1.165) is 23.5 Å². The molecule has 0 radical (unpaired) electrons. The van der Waals surface area contributed by atoms with Gasteiger partial charge in [0.2, 0.25) is 5.91 Å². The van der Waals surface area contributed by atoms with Crippen molar-refractivity contribution in [2.24, 2.45) is 0 Å². The molecule has 2 amide bonds. The highest BCUT2D eigenvalue weighted by molar-refractivity contribution is 7.09. The Morgan fingerprint density at radius 1 is 1.30 bits per heavy atom. The third-order valence-corrected chi connectivity index (χ3v) is 5.77. The molecule has 1 aliphatic rings. The minimum atomic E-state index is -0.0582. The van der Waals surface area contributed by atoms with Crippen molar-refractivity contribution in [3.8, 4) is 5.75 Å². The van der Waals surface area contributed by atoms with Gasteiger partial charge in [-0.05, 0) is 37.1 Å². The number of hydrogen-bond donors (Lipinski definition) is 1. The third-order valence-electron chi connectivity index (χ3n) is 4.46. The van der Waals surface area contributed by atoms with Crippen molar-refractivity contribution < 1.29 is 14.3 Å². The number of aromatic nitrogens is 1. The number of benzene rings is 1. The van der Waals surface area contributed by atoms with E-state index in [9.17, 15) is 9.59 Å². The molecule has 6 nitrogen and oxygen atoms in total. The zero-order valence-electron chi connectivity index (χ0n) is 15.1. The average molecular weight is 408 g/mol. The van der Waals surface area contributed by atoms with E-state index in [1.54, 1.807) is 35.6 Å². The monoisotopic (exact) mass is 407 g/mol. The van der Waals surface area contributed by atoms with Crippen molar-refractivity contribution >= 4 is 34.8 Å². The summed E-state index contributed by atoms with van der Waals surface area (Å²) in [5.41, 5.74) is 0.889. The van der Waals surface area contributed by atoms with Crippen LogP contribution < -0.4 is 10.1 Å². The van der Waals surface area contributed by atoms with Crippen LogP contribution in [-0.2, 0) is 16.1 Å². The molecule has 8 heteroatoms. The largest absolute Gasteiger partial charge is 0.484 e. The van der Waals surface area contributed by atoms with Gasteiger partial charge in [-0.3, -0.25) is 9.59 Å². The number of ether oxygens (including phenoxy) is 1. The molecule has 0 spiro atoms. The van der Waals surface area contributed by atoms with E-state index >= 15 is 0 Å². The number of carbonyl (C=O) groups is 2. The molecule has 1 fully saturated rings. The molecule has 0 saturated carbocycles. The van der Waals surface area contributed by atoms with E-state index < -0.39 is 0 Å². The van der Waals surface area contributed by atoms with Crippen molar-refractivity contribution in [1.82, 2.24) is 15.2 Å². The quantitative estimate of drug-likeness (QED) is 0.798. The Morgan fingerprint density at radius 3 is 2.67 bits per heavy atom. The topological polar surface area (TPSA) is 71.5 Å². The van der Waals surface area contributed by atoms with Crippen molar-refractivity contribution in [2.45, 2.75) is 32.2 Å². The van der Waals surface area contributed by atoms with Gasteiger partial charge in [0, 0.05) is 36.3 Å². The van der Waals surface area contributed by atoms with Gasteiger partial charge in [0.05, 0.1) is 17.2 Å². The van der Waals surface area contributed by atoms with Crippen LogP contribution >= 0.6 is 22.9 Å². The van der Waals surface area contributed by atoms with Gasteiger partial charge in [-0.25, -0.2) is 4.98 Å². The van der Waals surface area contributed by atoms with Gasteiger partial charge >= 0.3 is 0 Å². The lowest BCUT2D eigenvalue weighted by Gasteiger charge is -2.31. The van der Waals surface area contributed by atoms with E-state index in [1.165, 1.54) is 6.92 Å². The second kappa shape index (κ2) is 9.19. The molecule has 1 N–H and O–H groups in total. The predicted molar refractivity (Wildman–Crippen MR) is 105 cm³/mol. The van der Waals surface area contributed by atoms with Crippen molar-refractivity contribution in [3.63, 3.8) is 0 Å². The Balaban J connectivity index is 1.44. The molecule has 144 valence electrons. The number of hydrogen-bond acceptors (Lipinski definition) is 5. The second-order valence-electron chi connectivity index (χ2n) is 6.48. The van der Waals surface area contributed by atoms with E-state index in [0.29, 0.717) is 36.3 Å². The Bertz CT molecular complexity index is 786. The Labute approximate surface area is 167 Å². The minimum Gasteiger partial charge on any atom is -0.484 e. The number of thiazole rings is 1. The Hall–Kier alpha value is -2.12. The smallest absolute Gasteiger partial charge is 0.260 e. The van der Waals surface area contributed by atoms with E-state index in [1.807, 2.05) is 10.3 Å². The number of nitrogens with one attached hydrogen (secondary N) is 1. The van der Waals surface area contributed by atoms with Crippen LogP contribution in [0, 0.1) is 0 Å². The SMILES string of the molecule is CC(=O)NCc1csc(C2CCN(C(=O)COc3ccc(Cl)cc3)CC2)n1. The maximum Gasteiger partial charge on any atom is 0.260 e. The van der Waals surface area contributed by atoms with E-state index in [4.69, 9.17) is 16.3 Å². The van der Waals surface area contributed by atoms with Crippen LogP contribution in [0.15, 0.2) is 29.6 Å². The summed E-state index contributed by atoms with van der Waals surface area (Å²) in [6, 6.07) is 6.98. The second-order valence-corrected chi connectivity index (χ2v) is 7.81. The standard InChI is InChI=1S/C19H22ClN3O3S/c1-13(24)21-10-16-12-27-19(22-16)14-6-8-23(9-7-14)18(25)11-26-17-4-2-15(20)3-5-17/h2-5,12,14H,6-11H2,1H3,(H,21,24). The zero-order valence-corrected chi connectivity index (χ0v) is 16.7. The fraction of sp³-hybridized carbons (Fsp3) is 0.421. The summed E-state index contributed by atoms with van der Waals surface area (Å²) in [4.78, 5) is 29.8. The minimum absolute atomic E-state index is 0.00566. The molecular weight excluding hydrogens is 386 g/mol. The molecule has 1 aromatic carbocycles. The van der Waals surface area contributed by atoms with Gasteiger partial charge in [0.25, 0.3) is 5.91 Å². The van der Waals surface area contributed by atoms with Crippen molar-refractivity contribution in [1.29, 1.82) is 0 Å². The number of rotatable bonds is 6. The van der Waals surface area contributed by atoms with Gasteiger partial charge in [-0.1, -0.05) is 11.6 Å². The van der Waals surface area contributed by atoms with Crippen LogP contribution in [0.5, 0.6) is 5.75 Å². The molecule has 2 aromatic rings. The molecule has 1 aromatic heterocycles. The first-order valence-corrected chi connectivity index (χ1v) is 10.1. The first kappa shape index (κ1) is 19.6. The lowest BCUT2D eigenvalue weighted by Crippen LogP contribution is -2.40. The Morgan fingerprint density at radius 2 is 2.00 bits per heavy atom. The highest BCUT2D eigenvalue weighted by Gasteiger charge is 2.25. The molecule has 1 saturated heterocycles. The molecule has 2 heterocycles. The van der Waals surface area contributed by atoms with Crippen LogP contribution in [0.25, 0.3) is 0 Å². The summed E-state index contributed by atoms with van der Waals surface area (Å²) in [5, 5.41) is 6.47. The van der Waals surface area contributed by atoms with Gasteiger partial charge < -0.3 is 15.0 Å². The van der Waals surface area contributed by atoms with Crippen LogP contribution in [0.1, 0.15) is 36.4 Å². The normalized spacial score (nSPS) is 14.8. The number of carbonyl (C=O) groups excluding carboxylic acids is 2. The van der Waals surface area contributed by atoms with Crippen molar-refractivity contribution in [2.75, 3.05) is 19.7 Å². The van der Waals surface area contributed by atoms with E-state index in [2.05, 4.69) is 10.3 Å². The summed E-state index contributed by atoms with van der Waals surface area (Å²) >= 11 is 7.46. The van der Waals surface area contributed by atoms with Crippen LogP contribution in [0.4, 0.5) is 0 Å². The molecule has 0 aliphatic carbocycles. The first-order valence-electron chi connectivity index (χ1n) is 8.86. The lowest BCUT2D eigenvalue weighted by molar-refractivity contribution is -0.134. The number of piperidine rings is 1. The third kappa shape index (κ3) is 5.68. The zero-order chi connectivity index (χ0) is 19.2. The maximum absolute atomic E-state index is 12.4. The lowest BCUT2D eigenvalue weighted by atomic mass is 9.97. The summed E-state index contributed by atoms with van der Waals surface area (Å²) in [5.74, 6) is 0.936. The van der Waals surface area contributed by atoms with Gasteiger partial charge in [-0.15, -0.1) is 11.3 Å². The molecule has 0 atom stereocenters. The number of halogens is 1. The van der Waals surface area contributed by atoms with Crippen LogP contribution in [0.3, 0.4) is 0 Å².